The molecule has 0 radical (unpaired) electrons. The van der Waals surface area contributed by atoms with E-state index in [0.29, 0.717) is 0 Å². The largest absolute Gasteiger partial charge is 0.512 e. The SMILES string of the molecule is [C-]#N.c1ccc2scnc2c1. The molecule has 0 aliphatic heterocycles. The van der Waals surface area contributed by atoms with Gasteiger partial charge in [-0.1, -0.05) is 12.1 Å². The molecule has 0 bridgehead atoms. The van der Waals surface area contributed by atoms with Gasteiger partial charge in [0.15, 0.2) is 0 Å². The summed E-state index contributed by atoms with van der Waals surface area (Å²) in [6.45, 7) is 4.75. The average Bonchev–Trinajstić information content (AvgIpc) is 2.55. The Bertz CT molecular complexity index is 321. The van der Waals surface area contributed by atoms with Crippen molar-refractivity contribution in [3.63, 3.8) is 0 Å². The van der Waals surface area contributed by atoms with Gasteiger partial charge in [0, 0.05) is 0 Å². The van der Waals surface area contributed by atoms with Gasteiger partial charge in [-0.3, -0.25) is 0 Å². The van der Waals surface area contributed by atoms with Crippen molar-refractivity contribution in [1.29, 1.82) is 5.26 Å². The lowest BCUT2D eigenvalue weighted by molar-refractivity contribution is 1.50. The minimum absolute atomic E-state index is 1.10. The van der Waals surface area contributed by atoms with Crippen molar-refractivity contribution in [2.45, 2.75) is 0 Å². The van der Waals surface area contributed by atoms with Crippen LogP contribution in [0.25, 0.3) is 10.2 Å². The molecule has 0 atom stereocenters. The van der Waals surface area contributed by atoms with Gasteiger partial charge in [-0.15, -0.1) is 11.3 Å². The number of nitrogens with zero attached hydrogens (tertiary/aromatic N) is 2. The summed E-state index contributed by atoms with van der Waals surface area (Å²) in [5, 5.41) is 6.25. The molecule has 2 nitrogen and oxygen atoms in total. The molecule has 0 saturated carbocycles. The normalized spacial score (nSPS) is 8.55. The van der Waals surface area contributed by atoms with Gasteiger partial charge in [-0.2, -0.15) is 0 Å². The highest BCUT2D eigenvalue weighted by Crippen LogP contribution is 2.15. The van der Waals surface area contributed by atoms with Gasteiger partial charge >= 0.3 is 0 Å². The van der Waals surface area contributed by atoms with Gasteiger partial charge < -0.3 is 11.8 Å². The Morgan fingerprint density at radius 2 is 2.00 bits per heavy atom. The maximum Gasteiger partial charge on any atom is 0.0812 e. The molecule has 0 aliphatic carbocycles. The predicted octanol–water partition coefficient (Wildman–Crippen LogP) is 2.39. The van der Waals surface area contributed by atoms with Crippen molar-refractivity contribution >= 4 is 21.6 Å². The number of aromatic nitrogens is 1. The molecular weight excluding hydrogens is 156 g/mol. The molecule has 3 heteroatoms. The van der Waals surface area contributed by atoms with Gasteiger partial charge in [-0.05, 0) is 12.1 Å². The highest BCUT2D eigenvalue weighted by Gasteiger charge is 1.89. The molecule has 11 heavy (non-hydrogen) atoms. The van der Waals surface area contributed by atoms with Crippen LogP contribution >= 0.6 is 11.3 Å². The molecule has 0 saturated heterocycles. The first-order chi connectivity index (χ1) is 5.47. The summed E-state index contributed by atoms with van der Waals surface area (Å²) < 4.78 is 1.26. The fourth-order valence-electron chi connectivity index (χ4n) is 0.803. The van der Waals surface area contributed by atoms with Crippen molar-refractivity contribution in [2.75, 3.05) is 0 Å². The molecule has 2 rings (SSSR count). The van der Waals surface area contributed by atoms with Gasteiger partial charge in [-0.25, -0.2) is 4.98 Å². The molecule has 1 aromatic carbocycles. The first-order valence-electron chi connectivity index (χ1n) is 2.97. The summed E-state index contributed by atoms with van der Waals surface area (Å²) in [7, 11) is 0. The maximum atomic E-state index is 6.25. The second-order valence-electron chi connectivity index (χ2n) is 1.82. The van der Waals surface area contributed by atoms with E-state index in [-0.39, 0.29) is 0 Å². The van der Waals surface area contributed by atoms with E-state index in [9.17, 15) is 0 Å². The van der Waals surface area contributed by atoms with E-state index in [0.717, 1.165) is 5.52 Å². The number of para-hydroxylation sites is 1. The van der Waals surface area contributed by atoms with Gasteiger partial charge in [0.25, 0.3) is 0 Å². The van der Waals surface area contributed by atoms with E-state index in [2.05, 4.69) is 11.1 Å². The van der Waals surface area contributed by atoms with E-state index >= 15 is 0 Å². The van der Waals surface area contributed by atoms with Crippen molar-refractivity contribution in [1.82, 2.24) is 4.98 Å². The third-order valence-corrected chi connectivity index (χ3v) is 2.05. The lowest BCUT2D eigenvalue weighted by Gasteiger charge is -1.80. The zero-order chi connectivity index (χ0) is 8.10. The van der Waals surface area contributed by atoms with Crippen LogP contribution in [0.15, 0.2) is 29.8 Å². The zero-order valence-electron chi connectivity index (χ0n) is 5.69. The minimum Gasteiger partial charge on any atom is -0.512 e. The summed E-state index contributed by atoms with van der Waals surface area (Å²) in [5.41, 5.74) is 2.97. The molecule has 1 aromatic heterocycles. The van der Waals surface area contributed by atoms with Gasteiger partial charge in [0.2, 0.25) is 0 Å². The minimum atomic E-state index is 1.10. The molecule has 0 fully saturated rings. The van der Waals surface area contributed by atoms with Crippen LogP contribution in [0, 0.1) is 11.8 Å². The lowest BCUT2D eigenvalue weighted by atomic mass is 10.3. The third-order valence-electron chi connectivity index (χ3n) is 1.24. The van der Waals surface area contributed by atoms with E-state index < -0.39 is 0 Å². The lowest BCUT2D eigenvalue weighted by Crippen LogP contribution is -1.61. The molecule has 0 spiro atoms. The summed E-state index contributed by atoms with van der Waals surface area (Å²) in [5.74, 6) is 0. The molecular formula is C8H5N2S-. The number of benzene rings is 1. The monoisotopic (exact) mass is 161 g/mol. The van der Waals surface area contributed by atoms with Crippen LogP contribution in [-0.4, -0.2) is 4.98 Å². The Morgan fingerprint density at radius 3 is 2.73 bits per heavy atom. The topological polar surface area (TPSA) is 36.7 Å². The summed E-state index contributed by atoms with van der Waals surface area (Å²) in [4.78, 5) is 4.14. The highest BCUT2D eigenvalue weighted by atomic mass is 32.1. The zero-order valence-corrected chi connectivity index (χ0v) is 6.51. The second kappa shape index (κ2) is 3.69. The third kappa shape index (κ3) is 1.54. The summed E-state index contributed by atoms with van der Waals surface area (Å²) in [6.07, 6.45) is 0. The molecule has 0 aliphatic rings. The molecule has 0 N–H and O–H groups in total. The molecule has 0 amide bonds. The average molecular weight is 161 g/mol. The number of thiazole rings is 1. The maximum absolute atomic E-state index is 6.25. The molecule has 54 valence electrons. The highest BCUT2D eigenvalue weighted by molar-refractivity contribution is 7.16. The fraction of sp³-hybridized carbons (Fsp3) is 0. The Kier molecular flexibility index (Phi) is 2.59. The molecule has 2 aromatic rings. The van der Waals surface area contributed by atoms with E-state index in [1.807, 2.05) is 23.7 Å². The van der Waals surface area contributed by atoms with Crippen LogP contribution in [-0.2, 0) is 0 Å². The predicted molar refractivity (Wildman–Crippen MR) is 44.6 cm³/mol. The van der Waals surface area contributed by atoms with Crippen LogP contribution in [0.5, 0.6) is 0 Å². The quantitative estimate of drug-likeness (QED) is 0.556. The van der Waals surface area contributed by atoms with E-state index in [1.165, 1.54) is 4.70 Å². The fourth-order valence-corrected chi connectivity index (χ4v) is 1.48. The number of hydrogen-bond donors (Lipinski definition) is 0. The van der Waals surface area contributed by atoms with Crippen molar-refractivity contribution in [3.8, 4) is 0 Å². The molecule has 1 heterocycles. The Labute approximate surface area is 68.7 Å². The van der Waals surface area contributed by atoms with Crippen molar-refractivity contribution in [3.05, 3.63) is 36.3 Å². The smallest absolute Gasteiger partial charge is 0.0812 e. The first-order valence-corrected chi connectivity index (χ1v) is 3.85. The summed E-state index contributed by atoms with van der Waals surface area (Å²) >= 11 is 1.68. The number of fused-ring (bicyclic) bond motifs is 1. The summed E-state index contributed by atoms with van der Waals surface area (Å²) in [6, 6.07) is 8.13. The van der Waals surface area contributed by atoms with Crippen LogP contribution in [0.4, 0.5) is 0 Å². The van der Waals surface area contributed by atoms with Crippen molar-refractivity contribution in [2.24, 2.45) is 0 Å². The van der Waals surface area contributed by atoms with E-state index in [4.69, 9.17) is 11.8 Å². The van der Waals surface area contributed by atoms with Crippen LogP contribution < -0.4 is 0 Å². The van der Waals surface area contributed by atoms with Gasteiger partial charge in [0.05, 0.1) is 15.7 Å². The van der Waals surface area contributed by atoms with Crippen LogP contribution in [0.2, 0.25) is 0 Å². The number of rotatable bonds is 0. The van der Waals surface area contributed by atoms with Crippen molar-refractivity contribution < 1.29 is 0 Å². The standard InChI is InChI=1S/C7H5NS.CN/c1-2-4-7-6(3-1)8-5-9-7;1-2/h1-5H;/q;-1. The first kappa shape index (κ1) is 7.70. The van der Waals surface area contributed by atoms with Gasteiger partial charge in [0.1, 0.15) is 0 Å². The van der Waals surface area contributed by atoms with E-state index in [1.54, 1.807) is 11.3 Å². The number of hydrogen-bond acceptors (Lipinski definition) is 3. The Hall–Kier alpha value is -1.40. The van der Waals surface area contributed by atoms with Crippen LogP contribution in [0.1, 0.15) is 0 Å². The Balaban J connectivity index is 0.000000281. The molecule has 0 unspecified atom stereocenters. The Morgan fingerprint density at radius 1 is 1.27 bits per heavy atom. The second-order valence-corrected chi connectivity index (χ2v) is 2.71. The van der Waals surface area contributed by atoms with Crippen LogP contribution in [0.3, 0.4) is 0 Å².